The Morgan fingerprint density at radius 1 is 1.22 bits per heavy atom. The molecule has 130 valence electrons. The summed E-state index contributed by atoms with van der Waals surface area (Å²) in [5.74, 6) is 0.272. The number of nitrogens with zero attached hydrogens (tertiary/aromatic N) is 2. The van der Waals surface area contributed by atoms with Crippen LogP contribution in [-0.2, 0) is 0 Å². The van der Waals surface area contributed by atoms with Crippen molar-refractivity contribution in [3.63, 3.8) is 0 Å². The van der Waals surface area contributed by atoms with Crippen molar-refractivity contribution < 1.29 is 10.2 Å². The maximum Gasteiger partial charge on any atom is 0.118 e. The summed E-state index contributed by atoms with van der Waals surface area (Å²) in [4.78, 5) is 4.87. The van der Waals surface area contributed by atoms with E-state index in [2.05, 4.69) is 22.2 Å². The van der Waals surface area contributed by atoms with Crippen LogP contribution < -0.4 is 5.32 Å². The first-order chi connectivity index (χ1) is 11.0. The van der Waals surface area contributed by atoms with Gasteiger partial charge in [-0.2, -0.15) is 0 Å². The molecule has 1 aromatic rings. The third-order valence-electron chi connectivity index (χ3n) is 4.75. The molecule has 3 N–H and O–H groups in total. The lowest BCUT2D eigenvalue weighted by atomic mass is 10.0. The van der Waals surface area contributed by atoms with E-state index in [-0.39, 0.29) is 11.8 Å². The van der Waals surface area contributed by atoms with Gasteiger partial charge < -0.3 is 25.3 Å². The molecule has 2 unspecified atom stereocenters. The molecule has 0 aliphatic carbocycles. The van der Waals surface area contributed by atoms with E-state index in [1.54, 1.807) is 12.1 Å². The Balaban J connectivity index is 1.69. The van der Waals surface area contributed by atoms with Crippen LogP contribution >= 0.6 is 0 Å². The second-order valence-electron chi connectivity index (χ2n) is 6.73. The van der Waals surface area contributed by atoms with Crippen molar-refractivity contribution in [2.45, 2.75) is 32.4 Å². The minimum Gasteiger partial charge on any atom is -0.508 e. The van der Waals surface area contributed by atoms with Crippen molar-refractivity contribution >= 4 is 0 Å². The molecular weight excluding hydrogens is 290 g/mol. The number of piperazine rings is 1. The van der Waals surface area contributed by atoms with E-state index < -0.39 is 6.10 Å². The fourth-order valence-electron chi connectivity index (χ4n) is 2.97. The van der Waals surface area contributed by atoms with E-state index in [0.29, 0.717) is 0 Å². The number of hydrogen-bond donors (Lipinski definition) is 3. The average molecular weight is 321 g/mol. The van der Waals surface area contributed by atoms with Crippen molar-refractivity contribution in [2.75, 3.05) is 46.3 Å². The van der Waals surface area contributed by atoms with Crippen LogP contribution in [0.1, 0.15) is 30.6 Å². The molecule has 0 saturated carbocycles. The molecule has 1 aliphatic heterocycles. The Labute approximate surface area is 139 Å². The number of aliphatic hydroxyl groups excluding tert-OH is 1. The van der Waals surface area contributed by atoms with Crippen LogP contribution in [0.3, 0.4) is 0 Å². The van der Waals surface area contributed by atoms with Crippen LogP contribution in [-0.4, -0.2) is 72.4 Å². The van der Waals surface area contributed by atoms with E-state index in [4.69, 9.17) is 0 Å². The van der Waals surface area contributed by atoms with Gasteiger partial charge >= 0.3 is 0 Å². The largest absolute Gasteiger partial charge is 0.508 e. The summed E-state index contributed by atoms with van der Waals surface area (Å²) in [7, 11) is 2.17. The van der Waals surface area contributed by atoms with Crippen molar-refractivity contribution in [1.82, 2.24) is 15.1 Å². The van der Waals surface area contributed by atoms with Gasteiger partial charge in [0.15, 0.2) is 0 Å². The first kappa shape index (κ1) is 18.2. The van der Waals surface area contributed by atoms with Crippen molar-refractivity contribution in [3.05, 3.63) is 29.3 Å². The first-order valence-corrected chi connectivity index (χ1v) is 8.59. The summed E-state index contributed by atoms with van der Waals surface area (Å²) in [6.45, 7) is 10.5. The predicted octanol–water partition coefficient (Wildman–Crippen LogP) is 1.35. The van der Waals surface area contributed by atoms with Gasteiger partial charge in [-0.25, -0.2) is 0 Å². The topological polar surface area (TPSA) is 59.0 Å². The van der Waals surface area contributed by atoms with Crippen molar-refractivity contribution in [1.29, 1.82) is 0 Å². The zero-order valence-corrected chi connectivity index (χ0v) is 14.6. The fourth-order valence-corrected chi connectivity index (χ4v) is 2.97. The molecule has 0 spiro atoms. The number of phenolic OH excluding ortho intramolecular Hbond substituents is 1. The molecule has 2 atom stereocenters. The van der Waals surface area contributed by atoms with Gasteiger partial charge in [-0.1, -0.05) is 6.07 Å². The van der Waals surface area contributed by atoms with Crippen LogP contribution in [0.4, 0.5) is 0 Å². The van der Waals surface area contributed by atoms with E-state index in [1.807, 2.05) is 19.9 Å². The van der Waals surface area contributed by atoms with E-state index >= 15 is 0 Å². The lowest BCUT2D eigenvalue weighted by Gasteiger charge is -2.32. The normalized spacial score (nSPS) is 19.7. The first-order valence-electron chi connectivity index (χ1n) is 8.59. The monoisotopic (exact) mass is 321 g/mol. The minimum atomic E-state index is -0.557. The van der Waals surface area contributed by atoms with Crippen molar-refractivity contribution in [2.24, 2.45) is 0 Å². The zero-order chi connectivity index (χ0) is 16.8. The molecule has 1 saturated heterocycles. The molecule has 1 aliphatic rings. The predicted molar refractivity (Wildman–Crippen MR) is 93.8 cm³/mol. The molecule has 5 nitrogen and oxygen atoms in total. The van der Waals surface area contributed by atoms with Gasteiger partial charge in [0.05, 0.1) is 6.10 Å². The van der Waals surface area contributed by atoms with Crippen LogP contribution in [0, 0.1) is 6.92 Å². The average Bonchev–Trinajstić information content (AvgIpc) is 2.55. The van der Waals surface area contributed by atoms with Gasteiger partial charge in [-0.05, 0) is 63.7 Å². The molecule has 0 radical (unpaired) electrons. The molecule has 0 aromatic heterocycles. The lowest BCUT2D eigenvalue weighted by Crippen LogP contribution is -2.45. The van der Waals surface area contributed by atoms with Gasteiger partial charge in [-0.15, -0.1) is 0 Å². The van der Waals surface area contributed by atoms with E-state index in [1.165, 1.54) is 0 Å². The van der Waals surface area contributed by atoms with Crippen LogP contribution in [0.15, 0.2) is 18.2 Å². The number of benzene rings is 1. The van der Waals surface area contributed by atoms with Gasteiger partial charge in [0.2, 0.25) is 0 Å². The molecule has 0 bridgehead atoms. The highest BCUT2D eigenvalue weighted by molar-refractivity contribution is 5.36. The number of hydrogen-bond acceptors (Lipinski definition) is 5. The highest BCUT2D eigenvalue weighted by Crippen LogP contribution is 2.23. The number of aromatic hydroxyl groups is 1. The van der Waals surface area contributed by atoms with Crippen LogP contribution in [0.25, 0.3) is 0 Å². The molecule has 5 heteroatoms. The molecule has 2 rings (SSSR count). The van der Waals surface area contributed by atoms with Gasteiger partial charge in [-0.3, -0.25) is 0 Å². The van der Waals surface area contributed by atoms with Crippen LogP contribution in [0.5, 0.6) is 5.75 Å². The lowest BCUT2D eigenvalue weighted by molar-refractivity contribution is 0.131. The molecule has 23 heavy (non-hydrogen) atoms. The number of likely N-dealkylation sites (N-methyl/N-ethyl adjacent to an activating group) is 1. The quantitative estimate of drug-likeness (QED) is 0.662. The van der Waals surface area contributed by atoms with Gasteiger partial charge in [0.25, 0.3) is 0 Å². The van der Waals surface area contributed by atoms with Crippen LogP contribution in [0.2, 0.25) is 0 Å². The molecule has 1 fully saturated rings. The summed E-state index contributed by atoms with van der Waals surface area (Å²) in [5.41, 5.74) is 1.64. The molecule has 0 amide bonds. The standard InChI is InChI=1S/C18H31N3O2/c1-14-13-16(5-6-17(14)22)18(23)15(2)19-7-4-8-21-11-9-20(3)10-12-21/h5-6,13,15,18-19,22-23H,4,7-12H2,1-3H3. The number of rotatable bonds is 7. The summed E-state index contributed by atoms with van der Waals surface area (Å²) in [6.07, 6.45) is 0.535. The zero-order valence-electron chi connectivity index (χ0n) is 14.6. The maximum absolute atomic E-state index is 10.4. The van der Waals surface area contributed by atoms with Crippen molar-refractivity contribution in [3.8, 4) is 5.75 Å². The van der Waals surface area contributed by atoms with Gasteiger partial charge in [0, 0.05) is 32.2 Å². The Bertz CT molecular complexity index is 487. The number of aliphatic hydroxyl groups is 1. The fraction of sp³-hybridized carbons (Fsp3) is 0.667. The Kier molecular flexibility index (Phi) is 6.84. The SMILES string of the molecule is Cc1cc(C(O)C(C)NCCCN2CCN(C)CC2)ccc1O. The van der Waals surface area contributed by atoms with E-state index in [0.717, 1.165) is 56.8 Å². The number of aryl methyl sites for hydroxylation is 1. The minimum absolute atomic E-state index is 0.00793. The Hall–Kier alpha value is -1.14. The Morgan fingerprint density at radius 3 is 2.57 bits per heavy atom. The second-order valence-corrected chi connectivity index (χ2v) is 6.73. The number of nitrogens with one attached hydrogen (secondary N) is 1. The highest BCUT2D eigenvalue weighted by atomic mass is 16.3. The summed E-state index contributed by atoms with van der Waals surface area (Å²) < 4.78 is 0. The molecule has 1 heterocycles. The van der Waals surface area contributed by atoms with Gasteiger partial charge in [0.1, 0.15) is 5.75 Å². The second kappa shape index (κ2) is 8.64. The summed E-state index contributed by atoms with van der Waals surface area (Å²) in [6, 6.07) is 5.28. The Morgan fingerprint density at radius 2 is 1.91 bits per heavy atom. The third kappa shape index (κ3) is 5.46. The summed E-state index contributed by atoms with van der Waals surface area (Å²) in [5, 5.41) is 23.4. The maximum atomic E-state index is 10.4. The number of phenols is 1. The molecule has 1 aromatic carbocycles. The van der Waals surface area contributed by atoms with E-state index in [9.17, 15) is 10.2 Å². The smallest absolute Gasteiger partial charge is 0.118 e. The highest BCUT2D eigenvalue weighted by Gasteiger charge is 2.17. The summed E-state index contributed by atoms with van der Waals surface area (Å²) >= 11 is 0. The molecular formula is C18H31N3O2. The third-order valence-corrected chi connectivity index (χ3v) is 4.75.